The van der Waals surface area contributed by atoms with Crippen molar-refractivity contribution in [3.63, 3.8) is 0 Å². The van der Waals surface area contributed by atoms with Crippen LogP contribution in [0.3, 0.4) is 0 Å². The SMILES string of the molecule is CCC(C(=O)[O-])N(C)N=Nc1cccnc1. The molecule has 0 fully saturated rings. The van der Waals surface area contributed by atoms with Gasteiger partial charge in [-0.05, 0) is 18.6 Å². The lowest BCUT2D eigenvalue weighted by Crippen LogP contribution is -2.43. The van der Waals surface area contributed by atoms with Crippen molar-refractivity contribution in [2.24, 2.45) is 10.3 Å². The van der Waals surface area contributed by atoms with Crippen LogP contribution in [0.15, 0.2) is 34.9 Å². The number of aliphatic carboxylic acids is 1. The summed E-state index contributed by atoms with van der Waals surface area (Å²) in [6.45, 7) is 1.75. The van der Waals surface area contributed by atoms with Gasteiger partial charge in [-0.1, -0.05) is 12.1 Å². The maximum atomic E-state index is 10.7. The fourth-order valence-electron chi connectivity index (χ4n) is 1.18. The van der Waals surface area contributed by atoms with E-state index in [1.165, 1.54) is 11.2 Å². The van der Waals surface area contributed by atoms with E-state index in [2.05, 4.69) is 15.3 Å². The van der Waals surface area contributed by atoms with Crippen LogP contribution in [0.25, 0.3) is 0 Å². The Bertz CT molecular complexity index is 366. The molecule has 1 atom stereocenters. The van der Waals surface area contributed by atoms with E-state index in [1.807, 2.05) is 0 Å². The van der Waals surface area contributed by atoms with Crippen LogP contribution in [0.1, 0.15) is 13.3 Å². The third-order valence-electron chi connectivity index (χ3n) is 2.06. The Labute approximate surface area is 93.6 Å². The van der Waals surface area contributed by atoms with E-state index in [0.29, 0.717) is 12.1 Å². The molecule has 1 rings (SSSR count). The molecule has 6 nitrogen and oxygen atoms in total. The monoisotopic (exact) mass is 221 g/mol. The first kappa shape index (κ1) is 12.1. The van der Waals surface area contributed by atoms with Crippen molar-refractivity contribution in [1.82, 2.24) is 9.99 Å². The molecule has 1 aromatic rings. The molecule has 16 heavy (non-hydrogen) atoms. The van der Waals surface area contributed by atoms with Gasteiger partial charge in [-0.15, -0.1) is 5.11 Å². The maximum Gasteiger partial charge on any atom is 0.106 e. The van der Waals surface area contributed by atoms with Crippen LogP contribution in [0.4, 0.5) is 5.69 Å². The molecule has 0 saturated heterocycles. The van der Waals surface area contributed by atoms with Crippen LogP contribution in [0.2, 0.25) is 0 Å². The molecule has 0 radical (unpaired) electrons. The minimum absolute atomic E-state index is 0.408. The average molecular weight is 221 g/mol. The lowest BCUT2D eigenvalue weighted by atomic mass is 10.2. The largest absolute Gasteiger partial charge is 0.548 e. The fraction of sp³-hybridized carbons (Fsp3) is 0.400. The number of pyridine rings is 1. The van der Waals surface area contributed by atoms with Gasteiger partial charge in [-0.2, -0.15) is 0 Å². The molecule has 0 N–H and O–H groups in total. The van der Waals surface area contributed by atoms with Crippen molar-refractivity contribution in [3.05, 3.63) is 24.5 Å². The van der Waals surface area contributed by atoms with Crippen LogP contribution in [0, 0.1) is 0 Å². The summed E-state index contributed by atoms with van der Waals surface area (Å²) in [5.74, 6) is -1.16. The average Bonchev–Trinajstić information content (AvgIpc) is 2.28. The number of hydrogen-bond donors (Lipinski definition) is 0. The highest BCUT2D eigenvalue weighted by Gasteiger charge is 2.11. The van der Waals surface area contributed by atoms with E-state index >= 15 is 0 Å². The summed E-state index contributed by atoms with van der Waals surface area (Å²) in [6, 6.07) is 2.69. The van der Waals surface area contributed by atoms with Gasteiger partial charge >= 0.3 is 0 Å². The van der Waals surface area contributed by atoms with Crippen LogP contribution >= 0.6 is 0 Å². The van der Waals surface area contributed by atoms with Crippen molar-refractivity contribution < 1.29 is 9.90 Å². The van der Waals surface area contributed by atoms with Gasteiger partial charge in [0, 0.05) is 13.2 Å². The van der Waals surface area contributed by atoms with Crippen molar-refractivity contribution in [1.29, 1.82) is 0 Å². The highest BCUT2D eigenvalue weighted by molar-refractivity contribution is 5.70. The van der Waals surface area contributed by atoms with E-state index < -0.39 is 12.0 Å². The Balaban J connectivity index is 2.66. The standard InChI is InChI=1S/C10H14N4O2/c1-3-9(10(15)16)14(2)13-12-8-5-4-6-11-7-8/h4-7,9H,3H2,1-2H3,(H,15,16)/p-1. The predicted octanol–water partition coefficient (Wildman–Crippen LogP) is 0.541. The molecule has 0 aromatic carbocycles. The van der Waals surface area contributed by atoms with Gasteiger partial charge in [0.1, 0.15) is 5.69 Å². The predicted molar refractivity (Wildman–Crippen MR) is 55.6 cm³/mol. The third kappa shape index (κ3) is 3.30. The lowest BCUT2D eigenvalue weighted by molar-refractivity contribution is -0.311. The van der Waals surface area contributed by atoms with Gasteiger partial charge in [-0.25, -0.2) is 0 Å². The van der Waals surface area contributed by atoms with Crippen molar-refractivity contribution >= 4 is 11.7 Å². The number of aromatic nitrogens is 1. The molecular weight excluding hydrogens is 208 g/mol. The molecule has 0 aliphatic carbocycles. The number of carbonyl (C=O) groups excluding carboxylic acids is 1. The van der Waals surface area contributed by atoms with Crippen molar-refractivity contribution in [2.45, 2.75) is 19.4 Å². The molecule has 86 valence electrons. The molecule has 0 aliphatic rings. The highest BCUT2D eigenvalue weighted by atomic mass is 16.4. The first-order valence-corrected chi connectivity index (χ1v) is 4.90. The number of carboxylic acid groups (broad SMARTS) is 1. The first-order valence-electron chi connectivity index (χ1n) is 4.90. The Morgan fingerprint density at radius 2 is 2.44 bits per heavy atom. The number of hydrogen-bond acceptors (Lipinski definition) is 5. The molecule has 1 aromatic heterocycles. The van der Waals surface area contributed by atoms with Crippen molar-refractivity contribution in [3.8, 4) is 0 Å². The van der Waals surface area contributed by atoms with E-state index in [4.69, 9.17) is 0 Å². The number of rotatable bonds is 5. The molecule has 6 heteroatoms. The molecule has 1 unspecified atom stereocenters. The first-order chi connectivity index (χ1) is 7.65. The normalized spacial score (nSPS) is 12.6. The summed E-state index contributed by atoms with van der Waals surface area (Å²) >= 11 is 0. The second kappa shape index (κ2) is 5.79. The van der Waals surface area contributed by atoms with Crippen LogP contribution in [-0.4, -0.2) is 29.1 Å². The van der Waals surface area contributed by atoms with Crippen LogP contribution in [0.5, 0.6) is 0 Å². The lowest BCUT2D eigenvalue weighted by Gasteiger charge is -2.23. The second-order valence-corrected chi connectivity index (χ2v) is 3.22. The van der Waals surface area contributed by atoms with Gasteiger partial charge in [0.15, 0.2) is 0 Å². The van der Waals surface area contributed by atoms with Gasteiger partial charge < -0.3 is 9.90 Å². The number of carboxylic acids is 1. The zero-order valence-corrected chi connectivity index (χ0v) is 9.20. The van der Waals surface area contributed by atoms with Gasteiger partial charge in [0.2, 0.25) is 0 Å². The maximum absolute atomic E-state index is 10.7. The Hall–Kier alpha value is -1.98. The molecule has 0 aliphatic heterocycles. The quantitative estimate of drug-likeness (QED) is 0.536. The highest BCUT2D eigenvalue weighted by Crippen LogP contribution is 2.10. The fourth-order valence-corrected chi connectivity index (χ4v) is 1.18. The summed E-state index contributed by atoms with van der Waals surface area (Å²) in [5.41, 5.74) is 0.572. The summed E-state index contributed by atoms with van der Waals surface area (Å²) < 4.78 is 0. The van der Waals surface area contributed by atoms with Crippen molar-refractivity contribution in [2.75, 3.05) is 7.05 Å². The van der Waals surface area contributed by atoms with Gasteiger partial charge in [0.25, 0.3) is 0 Å². The van der Waals surface area contributed by atoms with Crippen LogP contribution < -0.4 is 5.11 Å². The minimum atomic E-state index is -1.16. The summed E-state index contributed by atoms with van der Waals surface area (Å²) in [6.07, 6.45) is 3.57. The molecule has 0 spiro atoms. The van der Waals surface area contributed by atoms with E-state index in [-0.39, 0.29) is 0 Å². The molecular formula is C10H13N4O2-. The van der Waals surface area contributed by atoms with Gasteiger partial charge in [0.05, 0.1) is 18.2 Å². The second-order valence-electron chi connectivity index (χ2n) is 3.22. The van der Waals surface area contributed by atoms with Crippen LogP contribution in [-0.2, 0) is 4.79 Å². The molecule has 1 heterocycles. The number of nitrogens with zero attached hydrogens (tertiary/aromatic N) is 4. The van der Waals surface area contributed by atoms with E-state index in [9.17, 15) is 9.90 Å². The smallest absolute Gasteiger partial charge is 0.106 e. The third-order valence-corrected chi connectivity index (χ3v) is 2.06. The number of carbonyl (C=O) groups is 1. The summed E-state index contributed by atoms with van der Waals surface area (Å²) in [4.78, 5) is 14.6. The Kier molecular flexibility index (Phi) is 4.38. The number of likely N-dealkylation sites (N-methyl/N-ethyl adjacent to an activating group) is 1. The molecule has 0 bridgehead atoms. The minimum Gasteiger partial charge on any atom is -0.548 e. The van der Waals surface area contributed by atoms with E-state index in [1.54, 1.807) is 32.3 Å². The summed E-state index contributed by atoms with van der Waals surface area (Å²) in [7, 11) is 1.55. The Morgan fingerprint density at radius 3 is 2.94 bits per heavy atom. The zero-order chi connectivity index (χ0) is 12.0. The molecule has 0 amide bonds. The van der Waals surface area contributed by atoms with E-state index in [0.717, 1.165) is 0 Å². The zero-order valence-electron chi connectivity index (χ0n) is 9.20. The molecule has 0 saturated carbocycles. The topological polar surface area (TPSA) is 81.0 Å². The summed E-state index contributed by atoms with van der Waals surface area (Å²) in [5, 5.41) is 19.6. The Morgan fingerprint density at radius 1 is 1.69 bits per heavy atom. The van der Waals surface area contributed by atoms with Gasteiger partial charge in [-0.3, -0.25) is 9.99 Å².